The fourth-order valence-corrected chi connectivity index (χ4v) is 5.72. The van der Waals surface area contributed by atoms with Crippen molar-refractivity contribution in [1.29, 1.82) is 0 Å². The molecule has 0 unspecified atom stereocenters. The molecule has 1 aliphatic heterocycles. The molecule has 0 aliphatic carbocycles. The number of nitrogens with zero attached hydrogens (tertiary/aromatic N) is 2. The van der Waals surface area contributed by atoms with Gasteiger partial charge in [0.25, 0.3) is 5.91 Å². The highest BCUT2D eigenvalue weighted by molar-refractivity contribution is 7.89. The highest BCUT2D eigenvalue weighted by Crippen LogP contribution is 2.35. The number of nitrogens with one attached hydrogen (secondary N) is 1. The minimum absolute atomic E-state index is 0.284. The van der Waals surface area contributed by atoms with Crippen LogP contribution in [0.25, 0.3) is 0 Å². The quantitative estimate of drug-likeness (QED) is 0.527. The number of halogens is 2. The minimum Gasteiger partial charge on any atom is -0.366 e. The number of benzene rings is 3. The standard InChI is InChI=1S/C24H23Cl2N3O3S/c1-17-9-11-18(12-10-17)33(31,32)29-15-13-28(14-16-29)23-21(26)7-4-8-22(23)27-24(30)19-5-2-3-6-20(19)25/h2-12H,13-16H2,1H3,(H,27,30). The zero-order valence-electron chi connectivity index (χ0n) is 18.0. The van der Waals surface area contributed by atoms with Crippen molar-refractivity contribution in [2.45, 2.75) is 11.8 Å². The molecule has 1 fully saturated rings. The molecule has 1 aliphatic rings. The van der Waals surface area contributed by atoms with Crippen molar-refractivity contribution in [2.24, 2.45) is 0 Å². The molecule has 0 aromatic heterocycles. The molecular weight excluding hydrogens is 481 g/mol. The van der Waals surface area contributed by atoms with E-state index in [9.17, 15) is 13.2 Å². The maximum Gasteiger partial charge on any atom is 0.257 e. The Hall–Kier alpha value is -2.58. The molecule has 1 N–H and O–H groups in total. The van der Waals surface area contributed by atoms with Crippen LogP contribution < -0.4 is 10.2 Å². The lowest BCUT2D eigenvalue weighted by atomic mass is 10.1. The van der Waals surface area contributed by atoms with Gasteiger partial charge in [0.05, 0.1) is 31.9 Å². The number of rotatable bonds is 5. The summed E-state index contributed by atoms with van der Waals surface area (Å²) in [6.45, 7) is 3.40. The van der Waals surface area contributed by atoms with E-state index in [0.717, 1.165) is 5.56 Å². The topological polar surface area (TPSA) is 69.7 Å². The van der Waals surface area contributed by atoms with Crippen molar-refractivity contribution in [3.05, 3.63) is 87.9 Å². The van der Waals surface area contributed by atoms with Crippen LogP contribution in [0.4, 0.5) is 11.4 Å². The minimum atomic E-state index is -3.58. The van der Waals surface area contributed by atoms with Gasteiger partial charge in [0, 0.05) is 26.2 Å². The first-order chi connectivity index (χ1) is 15.8. The molecular formula is C24H23Cl2N3O3S. The Kier molecular flexibility index (Phi) is 6.95. The Labute approximate surface area is 203 Å². The summed E-state index contributed by atoms with van der Waals surface area (Å²) in [5.74, 6) is -0.343. The second-order valence-electron chi connectivity index (χ2n) is 7.77. The maximum atomic E-state index is 13.0. The van der Waals surface area contributed by atoms with E-state index in [-0.39, 0.29) is 10.8 Å². The van der Waals surface area contributed by atoms with Gasteiger partial charge in [-0.1, -0.05) is 59.1 Å². The highest BCUT2D eigenvalue weighted by atomic mass is 35.5. The second kappa shape index (κ2) is 9.73. The lowest BCUT2D eigenvalue weighted by Gasteiger charge is -2.36. The Morgan fingerprint density at radius 1 is 0.848 bits per heavy atom. The molecule has 4 rings (SSSR count). The Morgan fingerprint density at radius 2 is 1.48 bits per heavy atom. The van der Waals surface area contributed by atoms with Crippen LogP contribution in [0.2, 0.25) is 10.0 Å². The Bertz CT molecular complexity index is 1270. The van der Waals surface area contributed by atoms with Crippen LogP contribution in [-0.2, 0) is 10.0 Å². The van der Waals surface area contributed by atoms with Crippen molar-refractivity contribution < 1.29 is 13.2 Å². The summed E-state index contributed by atoms with van der Waals surface area (Å²) >= 11 is 12.7. The van der Waals surface area contributed by atoms with E-state index in [1.54, 1.807) is 66.7 Å². The average molecular weight is 504 g/mol. The summed E-state index contributed by atoms with van der Waals surface area (Å²) in [7, 11) is -3.58. The smallest absolute Gasteiger partial charge is 0.257 e. The predicted molar refractivity (Wildman–Crippen MR) is 133 cm³/mol. The van der Waals surface area contributed by atoms with E-state index in [2.05, 4.69) is 5.32 Å². The van der Waals surface area contributed by atoms with E-state index in [1.807, 2.05) is 11.8 Å². The van der Waals surface area contributed by atoms with Crippen LogP contribution >= 0.6 is 23.2 Å². The Balaban J connectivity index is 1.52. The van der Waals surface area contributed by atoms with Crippen LogP contribution in [0.1, 0.15) is 15.9 Å². The van der Waals surface area contributed by atoms with Gasteiger partial charge in [-0.05, 0) is 43.3 Å². The zero-order valence-corrected chi connectivity index (χ0v) is 20.3. The van der Waals surface area contributed by atoms with Crippen molar-refractivity contribution in [2.75, 3.05) is 36.4 Å². The normalized spacial score (nSPS) is 14.8. The number of hydrogen-bond acceptors (Lipinski definition) is 4. The van der Waals surface area contributed by atoms with Crippen LogP contribution in [-0.4, -0.2) is 44.8 Å². The molecule has 3 aromatic rings. The van der Waals surface area contributed by atoms with E-state index >= 15 is 0 Å². The molecule has 0 atom stereocenters. The van der Waals surface area contributed by atoms with E-state index in [0.29, 0.717) is 53.2 Å². The fourth-order valence-electron chi connectivity index (χ4n) is 3.78. The number of hydrogen-bond donors (Lipinski definition) is 1. The number of aryl methyl sites for hydroxylation is 1. The number of amides is 1. The van der Waals surface area contributed by atoms with Crippen LogP contribution in [0, 0.1) is 6.92 Å². The molecule has 172 valence electrons. The summed E-state index contributed by atoms with van der Waals surface area (Å²) in [5.41, 5.74) is 2.57. The van der Waals surface area contributed by atoms with E-state index in [4.69, 9.17) is 23.2 Å². The van der Waals surface area contributed by atoms with Gasteiger partial charge in [0.2, 0.25) is 10.0 Å². The first-order valence-electron chi connectivity index (χ1n) is 10.4. The number of sulfonamides is 1. The highest BCUT2D eigenvalue weighted by Gasteiger charge is 2.30. The molecule has 0 bridgehead atoms. The molecule has 33 heavy (non-hydrogen) atoms. The first kappa shape index (κ1) is 23.6. The third-order valence-electron chi connectivity index (χ3n) is 5.57. The van der Waals surface area contributed by atoms with Gasteiger partial charge < -0.3 is 10.2 Å². The summed E-state index contributed by atoms with van der Waals surface area (Å²) in [5, 5.41) is 3.73. The van der Waals surface area contributed by atoms with Gasteiger partial charge in [-0.15, -0.1) is 0 Å². The fraction of sp³-hybridized carbons (Fsp3) is 0.208. The number of anilines is 2. The molecule has 1 saturated heterocycles. The Morgan fingerprint density at radius 3 is 2.15 bits per heavy atom. The zero-order chi connectivity index (χ0) is 23.6. The molecule has 0 radical (unpaired) electrons. The van der Waals surface area contributed by atoms with Crippen LogP contribution in [0.3, 0.4) is 0 Å². The predicted octanol–water partition coefficient (Wildman–Crippen LogP) is 5.07. The summed E-state index contributed by atoms with van der Waals surface area (Å²) in [6.07, 6.45) is 0. The molecule has 1 amide bonds. The molecule has 0 saturated carbocycles. The lowest BCUT2D eigenvalue weighted by Crippen LogP contribution is -2.49. The summed E-state index contributed by atoms with van der Waals surface area (Å²) < 4.78 is 27.5. The molecule has 6 nitrogen and oxygen atoms in total. The van der Waals surface area contributed by atoms with Gasteiger partial charge in [-0.3, -0.25) is 4.79 Å². The second-order valence-corrected chi connectivity index (χ2v) is 10.5. The van der Waals surface area contributed by atoms with Gasteiger partial charge in [-0.2, -0.15) is 4.31 Å². The van der Waals surface area contributed by atoms with Gasteiger partial charge >= 0.3 is 0 Å². The first-order valence-corrected chi connectivity index (χ1v) is 12.6. The van der Waals surface area contributed by atoms with E-state index in [1.165, 1.54) is 4.31 Å². The van der Waals surface area contributed by atoms with Crippen LogP contribution in [0.5, 0.6) is 0 Å². The van der Waals surface area contributed by atoms with Gasteiger partial charge in [0.15, 0.2) is 0 Å². The molecule has 9 heteroatoms. The largest absolute Gasteiger partial charge is 0.366 e. The summed E-state index contributed by atoms with van der Waals surface area (Å²) in [6, 6.07) is 18.9. The van der Waals surface area contributed by atoms with Crippen molar-refractivity contribution in [1.82, 2.24) is 4.31 Å². The van der Waals surface area contributed by atoms with Crippen LogP contribution in [0.15, 0.2) is 71.6 Å². The van der Waals surface area contributed by atoms with Gasteiger partial charge in [0.1, 0.15) is 0 Å². The third-order valence-corrected chi connectivity index (χ3v) is 8.11. The molecule has 0 spiro atoms. The van der Waals surface area contributed by atoms with Gasteiger partial charge in [-0.25, -0.2) is 8.42 Å². The SMILES string of the molecule is Cc1ccc(S(=O)(=O)N2CCN(c3c(Cl)cccc3NC(=O)c3ccccc3Cl)CC2)cc1. The van der Waals surface area contributed by atoms with E-state index < -0.39 is 10.0 Å². The molecule has 3 aromatic carbocycles. The number of carbonyl (C=O) groups is 1. The lowest BCUT2D eigenvalue weighted by molar-refractivity contribution is 0.102. The van der Waals surface area contributed by atoms with Crippen molar-refractivity contribution in [3.63, 3.8) is 0 Å². The number of piperazine rings is 1. The van der Waals surface area contributed by atoms with Crippen molar-refractivity contribution in [3.8, 4) is 0 Å². The third kappa shape index (κ3) is 5.01. The maximum absolute atomic E-state index is 13.0. The summed E-state index contributed by atoms with van der Waals surface area (Å²) in [4.78, 5) is 15.1. The molecule has 1 heterocycles. The number of carbonyl (C=O) groups excluding carboxylic acids is 1. The average Bonchev–Trinajstić information content (AvgIpc) is 2.80. The van der Waals surface area contributed by atoms with Crippen molar-refractivity contribution >= 4 is 50.5 Å². The monoisotopic (exact) mass is 503 g/mol. The number of para-hydroxylation sites is 1.